The molecule has 5 nitrogen and oxygen atoms in total. The molecule has 0 saturated heterocycles. The van der Waals surface area contributed by atoms with Gasteiger partial charge in [0.05, 0.1) is 12.4 Å². The van der Waals surface area contributed by atoms with Gasteiger partial charge in [-0.3, -0.25) is 4.79 Å². The number of aromatic nitrogens is 2. The Morgan fingerprint density at radius 2 is 1.60 bits per heavy atom. The average molecular weight is 397 g/mol. The molecule has 0 saturated carbocycles. The number of halogens is 1. The van der Waals surface area contributed by atoms with Crippen molar-refractivity contribution >= 4 is 39.0 Å². The second-order valence-corrected chi connectivity index (χ2v) is 6.66. The number of aryl methyl sites for hydroxylation is 2. The van der Waals surface area contributed by atoms with Crippen LogP contribution in [-0.4, -0.2) is 15.9 Å². The van der Waals surface area contributed by atoms with Crippen molar-refractivity contribution < 1.29 is 4.79 Å². The molecule has 0 aliphatic heterocycles. The Kier molecular flexibility index (Phi) is 5.09. The van der Waals surface area contributed by atoms with Gasteiger partial charge in [-0.1, -0.05) is 22.0 Å². The Morgan fingerprint density at radius 3 is 2.20 bits per heavy atom. The summed E-state index contributed by atoms with van der Waals surface area (Å²) in [6.45, 7) is 3.98. The van der Waals surface area contributed by atoms with Crippen molar-refractivity contribution in [2.75, 3.05) is 10.6 Å². The maximum absolute atomic E-state index is 12.3. The summed E-state index contributed by atoms with van der Waals surface area (Å²) in [6.07, 6.45) is 3.00. The standard InChI is InChI=1S/C19H17BrN4O/c1-12-7-13(2)9-16(8-12)24-19(25)17-10-22-18(11-21-17)23-15-5-3-14(20)4-6-15/h3-11H,1-2H3,(H,22,23)(H,24,25). The summed E-state index contributed by atoms with van der Waals surface area (Å²) in [5, 5.41) is 5.98. The fourth-order valence-corrected chi connectivity index (χ4v) is 2.70. The molecule has 0 aliphatic carbocycles. The van der Waals surface area contributed by atoms with E-state index >= 15 is 0 Å². The largest absolute Gasteiger partial charge is 0.339 e. The summed E-state index contributed by atoms with van der Waals surface area (Å²) in [5.74, 6) is 0.290. The van der Waals surface area contributed by atoms with Crippen LogP contribution in [-0.2, 0) is 0 Å². The molecule has 1 heterocycles. The average Bonchev–Trinajstić information content (AvgIpc) is 2.56. The molecule has 1 amide bonds. The lowest BCUT2D eigenvalue weighted by Gasteiger charge is -2.08. The predicted molar refractivity (Wildman–Crippen MR) is 103 cm³/mol. The Labute approximate surface area is 154 Å². The molecule has 3 rings (SSSR count). The van der Waals surface area contributed by atoms with E-state index in [0.29, 0.717) is 5.82 Å². The van der Waals surface area contributed by atoms with Crippen LogP contribution in [0.1, 0.15) is 21.6 Å². The minimum absolute atomic E-state index is 0.264. The molecule has 2 N–H and O–H groups in total. The molecular weight excluding hydrogens is 380 g/mol. The van der Waals surface area contributed by atoms with Crippen LogP contribution in [0, 0.1) is 13.8 Å². The number of amides is 1. The van der Waals surface area contributed by atoms with Gasteiger partial charge < -0.3 is 10.6 Å². The first-order chi connectivity index (χ1) is 12.0. The molecule has 25 heavy (non-hydrogen) atoms. The summed E-state index contributed by atoms with van der Waals surface area (Å²) in [4.78, 5) is 20.7. The summed E-state index contributed by atoms with van der Waals surface area (Å²) in [5.41, 5.74) is 4.10. The van der Waals surface area contributed by atoms with Gasteiger partial charge in [-0.05, 0) is 61.4 Å². The first-order valence-corrected chi connectivity index (χ1v) is 8.53. The van der Waals surface area contributed by atoms with Crippen molar-refractivity contribution in [2.24, 2.45) is 0 Å². The van der Waals surface area contributed by atoms with Gasteiger partial charge in [0.15, 0.2) is 0 Å². The maximum Gasteiger partial charge on any atom is 0.275 e. The van der Waals surface area contributed by atoms with Gasteiger partial charge in [0.1, 0.15) is 11.5 Å². The highest BCUT2D eigenvalue weighted by Gasteiger charge is 2.09. The molecule has 6 heteroatoms. The van der Waals surface area contributed by atoms with E-state index in [4.69, 9.17) is 0 Å². The zero-order valence-electron chi connectivity index (χ0n) is 13.9. The molecule has 126 valence electrons. The lowest BCUT2D eigenvalue weighted by Crippen LogP contribution is -2.14. The molecule has 0 radical (unpaired) electrons. The van der Waals surface area contributed by atoms with Gasteiger partial charge in [0.25, 0.3) is 5.91 Å². The molecule has 2 aromatic carbocycles. The lowest BCUT2D eigenvalue weighted by molar-refractivity contribution is 0.102. The van der Waals surface area contributed by atoms with Crippen LogP contribution in [0.4, 0.5) is 17.2 Å². The van der Waals surface area contributed by atoms with E-state index in [-0.39, 0.29) is 11.6 Å². The highest BCUT2D eigenvalue weighted by Crippen LogP contribution is 2.18. The van der Waals surface area contributed by atoms with Crippen LogP contribution in [0.15, 0.2) is 59.3 Å². The van der Waals surface area contributed by atoms with E-state index in [2.05, 4.69) is 42.6 Å². The van der Waals surface area contributed by atoms with Gasteiger partial charge >= 0.3 is 0 Å². The number of hydrogen-bond acceptors (Lipinski definition) is 4. The number of anilines is 3. The van der Waals surface area contributed by atoms with Gasteiger partial charge in [-0.25, -0.2) is 9.97 Å². The monoisotopic (exact) mass is 396 g/mol. The second-order valence-electron chi connectivity index (χ2n) is 5.75. The van der Waals surface area contributed by atoms with Crippen molar-refractivity contribution in [2.45, 2.75) is 13.8 Å². The normalized spacial score (nSPS) is 10.4. The van der Waals surface area contributed by atoms with Crippen molar-refractivity contribution in [1.82, 2.24) is 9.97 Å². The number of carbonyl (C=O) groups excluding carboxylic acids is 1. The lowest BCUT2D eigenvalue weighted by atomic mass is 10.1. The topological polar surface area (TPSA) is 66.9 Å². The Balaban J connectivity index is 1.68. The summed E-state index contributed by atoms with van der Waals surface area (Å²) in [6, 6.07) is 13.6. The van der Waals surface area contributed by atoms with Crippen molar-refractivity contribution in [3.8, 4) is 0 Å². The fraction of sp³-hybridized carbons (Fsp3) is 0.105. The third-order valence-corrected chi connectivity index (χ3v) is 4.01. The molecule has 0 unspecified atom stereocenters. The van der Waals surface area contributed by atoms with Gasteiger partial charge in [-0.2, -0.15) is 0 Å². The second kappa shape index (κ2) is 7.44. The predicted octanol–water partition coefficient (Wildman–Crippen LogP) is 4.85. The van der Waals surface area contributed by atoms with Crippen molar-refractivity contribution in [3.63, 3.8) is 0 Å². The molecule has 0 atom stereocenters. The smallest absolute Gasteiger partial charge is 0.275 e. The molecule has 0 spiro atoms. The number of benzene rings is 2. The SMILES string of the molecule is Cc1cc(C)cc(NC(=O)c2cnc(Nc3ccc(Br)cc3)cn2)c1. The minimum Gasteiger partial charge on any atom is -0.339 e. The first-order valence-electron chi connectivity index (χ1n) is 7.74. The van der Waals surface area contributed by atoms with Crippen molar-refractivity contribution in [3.05, 3.63) is 76.2 Å². The molecule has 1 aromatic heterocycles. The Hall–Kier alpha value is -2.73. The van der Waals surface area contributed by atoms with Crippen LogP contribution in [0.3, 0.4) is 0 Å². The summed E-state index contributed by atoms with van der Waals surface area (Å²) >= 11 is 3.39. The first kappa shape index (κ1) is 17.1. The Bertz CT molecular complexity index is 872. The van der Waals surface area contributed by atoms with E-state index in [9.17, 15) is 4.79 Å². The zero-order valence-corrected chi connectivity index (χ0v) is 15.5. The van der Waals surface area contributed by atoms with Crippen LogP contribution >= 0.6 is 15.9 Å². The number of hydrogen-bond donors (Lipinski definition) is 2. The number of nitrogens with zero attached hydrogens (tertiary/aromatic N) is 2. The molecule has 0 bridgehead atoms. The highest BCUT2D eigenvalue weighted by molar-refractivity contribution is 9.10. The van der Waals surface area contributed by atoms with E-state index < -0.39 is 0 Å². The van der Waals surface area contributed by atoms with E-state index in [1.54, 1.807) is 6.20 Å². The zero-order chi connectivity index (χ0) is 17.8. The number of rotatable bonds is 4. The third-order valence-electron chi connectivity index (χ3n) is 3.48. The van der Waals surface area contributed by atoms with Crippen LogP contribution in [0.25, 0.3) is 0 Å². The van der Waals surface area contributed by atoms with Crippen LogP contribution in [0.2, 0.25) is 0 Å². The van der Waals surface area contributed by atoms with Gasteiger partial charge in [0, 0.05) is 15.8 Å². The van der Waals surface area contributed by atoms with E-state index in [0.717, 1.165) is 27.0 Å². The minimum atomic E-state index is -0.285. The highest BCUT2D eigenvalue weighted by atomic mass is 79.9. The van der Waals surface area contributed by atoms with Crippen LogP contribution in [0.5, 0.6) is 0 Å². The number of nitrogens with one attached hydrogen (secondary N) is 2. The van der Waals surface area contributed by atoms with Gasteiger partial charge in [-0.15, -0.1) is 0 Å². The maximum atomic E-state index is 12.3. The summed E-state index contributed by atoms with van der Waals surface area (Å²) in [7, 11) is 0. The molecule has 0 fully saturated rings. The van der Waals surface area contributed by atoms with E-state index in [1.807, 2.05) is 50.2 Å². The Morgan fingerprint density at radius 1 is 0.920 bits per heavy atom. The quantitative estimate of drug-likeness (QED) is 0.661. The molecular formula is C19H17BrN4O. The number of carbonyl (C=O) groups is 1. The molecule has 3 aromatic rings. The fourth-order valence-electron chi connectivity index (χ4n) is 2.43. The molecule has 0 aliphatic rings. The van der Waals surface area contributed by atoms with Gasteiger partial charge in [0.2, 0.25) is 0 Å². The van der Waals surface area contributed by atoms with Crippen LogP contribution < -0.4 is 10.6 Å². The summed E-state index contributed by atoms with van der Waals surface area (Å²) < 4.78 is 1.00. The van der Waals surface area contributed by atoms with Crippen molar-refractivity contribution in [1.29, 1.82) is 0 Å². The van der Waals surface area contributed by atoms with E-state index in [1.165, 1.54) is 6.20 Å². The third kappa shape index (κ3) is 4.64.